The maximum Gasteiger partial charge on any atom is 0.303 e. The number of aliphatic carboxylic acids is 1. The lowest BCUT2D eigenvalue weighted by atomic mass is 9.95. The lowest BCUT2D eigenvalue weighted by Crippen LogP contribution is -2.40. The minimum Gasteiger partial charge on any atom is -0.481 e. The number of carbonyl (C=O) groups excluding carboxylic acids is 1. The smallest absolute Gasteiger partial charge is 0.303 e. The topological polar surface area (TPSA) is 92.9 Å². The first-order valence-electron chi connectivity index (χ1n) is 6.41. The molecule has 0 aromatic heterocycles. The van der Waals surface area contributed by atoms with E-state index in [-0.39, 0.29) is 18.2 Å². The Morgan fingerprint density at radius 3 is 2.83 bits per heavy atom. The van der Waals surface area contributed by atoms with Gasteiger partial charge in [0.2, 0.25) is 5.91 Å². The molecule has 1 aliphatic rings. The fraction of sp³-hybridized carbons (Fsp3) is 0.833. The summed E-state index contributed by atoms with van der Waals surface area (Å²) in [5.41, 5.74) is 5.28. The second-order valence-electron chi connectivity index (χ2n) is 4.60. The molecule has 1 amide bonds. The third kappa shape index (κ3) is 5.46. The number of hydrogen-bond donors (Lipinski definition) is 2. The molecule has 6 nitrogen and oxygen atoms in total. The highest BCUT2D eigenvalue weighted by molar-refractivity contribution is 5.76. The minimum atomic E-state index is -0.791. The summed E-state index contributed by atoms with van der Waals surface area (Å²) in [5.74, 6) is -0.659. The first-order valence-corrected chi connectivity index (χ1v) is 6.41. The predicted molar refractivity (Wildman–Crippen MR) is 66.0 cm³/mol. The molecule has 0 aromatic carbocycles. The average Bonchev–Trinajstić information content (AvgIpc) is 2.34. The van der Waals surface area contributed by atoms with Gasteiger partial charge in [-0.05, 0) is 18.8 Å². The van der Waals surface area contributed by atoms with Gasteiger partial charge in [0.25, 0.3) is 0 Å². The van der Waals surface area contributed by atoms with Gasteiger partial charge in [0.1, 0.15) is 0 Å². The molecule has 0 bridgehead atoms. The van der Waals surface area contributed by atoms with Crippen molar-refractivity contribution in [3.8, 4) is 0 Å². The first-order chi connectivity index (χ1) is 8.63. The standard InChI is InChI=1S/C12H22N2O4/c13-4-7-18-6-3-11(15)14-5-1-2-10(9-14)8-12(16)17/h10H,1-9,13H2,(H,16,17). The van der Waals surface area contributed by atoms with Crippen molar-refractivity contribution in [1.29, 1.82) is 0 Å². The van der Waals surface area contributed by atoms with Crippen molar-refractivity contribution in [1.82, 2.24) is 4.90 Å². The molecule has 1 saturated heterocycles. The maximum atomic E-state index is 11.9. The molecule has 1 aliphatic heterocycles. The van der Waals surface area contributed by atoms with Crippen molar-refractivity contribution < 1.29 is 19.4 Å². The van der Waals surface area contributed by atoms with Crippen molar-refractivity contribution in [2.24, 2.45) is 11.7 Å². The SMILES string of the molecule is NCCOCCC(=O)N1CCCC(CC(=O)O)C1. The third-order valence-electron chi connectivity index (χ3n) is 3.06. The van der Waals surface area contributed by atoms with E-state index in [0.717, 1.165) is 19.4 Å². The quantitative estimate of drug-likeness (QED) is 0.630. The van der Waals surface area contributed by atoms with Crippen LogP contribution in [0.4, 0.5) is 0 Å². The van der Waals surface area contributed by atoms with Gasteiger partial charge in [-0.15, -0.1) is 0 Å². The number of carbonyl (C=O) groups is 2. The Labute approximate surface area is 107 Å². The molecular weight excluding hydrogens is 236 g/mol. The zero-order valence-corrected chi connectivity index (χ0v) is 10.6. The van der Waals surface area contributed by atoms with Crippen LogP contribution < -0.4 is 5.73 Å². The summed E-state index contributed by atoms with van der Waals surface area (Å²) in [5, 5.41) is 8.76. The van der Waals surface area contributed by atoms with Gasteiger partial charge in [0.15, 0.2) is 0 Å². The number of rotatable bonds is 7. The van der Waals surface area contributed by atoms with Gasteiger partial charge in [0, 0.05) is 26.1 Å². The average molecular weight is 258 g/mol. The monoisotopic (exact) mass is 258 g/mol. The molecule has 0 aromatic rings. The number of nitrogens with zero attached hydrogens (tertiary/aromatic N) is 1. The number of nitrogens with two attached hydrogens (primary N) is 1. The summed E-state index contributed by atoms with van der Waals surface area (Å²) in [6.45, 7) is 2.59. The lowest BCUT2D eigenvalue weighted by Gasteiger charge is -2.32. The summed E-state index contributed by atoms with van der Waals surface area (Å²) in [6.07, 6.45) is 2.26. The van der Waals surface area contributed by atoms with Gasteiger partial charge < -0.3 is 20.5 Å². The molecule has 0 spiro atoms. The Morgan fingerprint density at radius 1 is 1.39 bits per heavy atom. The number of hydrogen-bond acceptors (Lipinski definition) is 4. The summed E-state index contributed by atoms with van der Waals surface area (Å²) >= 11 is 0. The lowest BCUT2D eigenvalue weighted by molar-refractivity contribution is -0.141. The van der Waals surface area contributed by atoms with Gasteiger partial charge >= 0.3 is 5.97 Å². The van der Waals surface area contributed by atoms with Crippen LogP contribution in [0.15, 0.2) is 0 Å². The Morgan fingerprint density at radius 2 is 2.17 bits per heavy atom. The molecule has 1 rings (SSSR count). The van der Waals surface area contributed by atoms with E-state index in [2.05, 4.69) is 0 Å². The summed E-state index contributed by atoms with van der Waals surface area (Å²) in [7, 11) is 0. The van der Waals surface area contributed by atoms with E-state index in [0.29, 0.717) is 32.7 Å². The van der Waals surface area contributed by atoms with Gasteiger partial charge in [-0.2, -0.15) is 0 Å². The molecule has 1 atom stereocenters. The fourth-order valence-corrected chi connectivity index (χ4v) is 2.21. The second-order valence-corrected chi connectivity index (χ2v) is 4.60. The fourth-order valence-electron chi connectivity index (χ4n) is 2.21. The number of amides is 1. The molecule has 1 unspecified atom stereocenters. The van der Waals surface area contributed by atoms with E-state index in [1.165, 1.54) is 0 Å². The van der Waals surface area contributed by atoms with Crippen LogP contribution in [0.5, 0.6) is 0 Å². The molecule has 6 heteroatoms. The van der Waals surface area contributed by atoms with E-state index < -0.39 is 5.97 Å². The Balaban J connectivity index is 2.27. The van der Waals surface area contributed by atoms with Crippen LogP contribution in [0, 0.1) is 5.92 Å². The summed E-state index contributed by atoms with van der Waals surface area (Å²) < 4.78 is 5.17. The Hall–Kier alpha value is -1.14. The van der Waals surface area contributed by atoms with Crippen molar-refractivity contribution in [3.63, 3.8) is 0 Å². The summed E-state index contributed by atoms with van der Waals surface area (Å²) in [6, 6.07) is 0. The Bertz CT molecular complexity index is 283. The van der Waals surface area contributed by atoms with Crippen LogP contribution in [0.1, 0.15) is 25.7 Å². The van der Waals surface area contributed by atoms with Crippen LogP contribution >= 0.6 is 0 Å². The molecule has 1 fully saturated rings. The van der Waals surface area contributed by atoms with Gasteiger partial charge in [-0.1, -0.05) is 0 Å². The summed E-state index contributed by atoms with van der Waals surface area (Å²) in [4.78, 5) is 24.3. The molecule has 0 saturated carbocycles. The largest absolute Gasteiger partial charge is 0.481 e. The molecule has 104 valence electrons. The van der Waals surface area contributed by atoms with Crippen molar-refractivity contribution in [2.45, 2.75) is 25.7 Å². The second kappa shape index (κ2) is 8.05. The number of carboxylic acids is 1. The zero-order chi connectivity index (χ0) is 13.4. The van der Waals surface area contributed by atoms with Crippen LogP contribution in [-0.2, 0) is 14.3 Å². The van der Waals surface area contributed by atoms with Crippen LogP contribution in [-0.4, -0.2) is 54.7 Å². The predicted octanol–water partition coefficient (Wildman–Crippen LogP) is 0.0651. The molecule has 18 heavy (non-hydrogen) atoms. The zero-order valence-electron chi connectivity index (χ0n) is 10.6. The van der Waals surface area contributed by atoms with Crippen LogP contribution in [0.2, 0.25) is 0 Å². The maximum absolute atomic E-state index is 11.9. The number of piperidine rings is 1. The van der Waals surface area contributed by atoms with Crippen LogP contribution in [0.25, 0.3) is 0 Å². The van der Waals surface area contributed by atoms with Gasteiger partial charge in [-0.25, -0.2) is 0 Å². The number of carboxylic acid groups (broad SMARTS) is 1. The van der Waals surface area contributed by atoms with E-state index in [4.69, 9.17) is 15.6 Å². The first kappa shape index (κ1) is 14.9. The highest BCUT2D eigenvalue weighted by Gasteiger charge is 2.24. The molecular formula is C12H22N2O4. The van der Waals surface area contributed by atoms with Gasteiger partial charge in [0.05, 0.1) is 19.6 Å². The Kier molecular flexibility index (Phi) is 6.67. The van der Waals surface area contributed by atoms with E-state index in [1.807, 2.05) is 0 Å². The van der Waals surface area contributed by atoms with Crippen molar-refractivity contribution >= 4 is 11.9 Å². The molecule has 1 heterocycles. The van der Waals surface area contributed by atoms with Crippen LogP contribution in [0.3, 0.4) is 0 Å². The molecule has 0 radical (unpaired) electrons. The minimum absolute atomic E-state index is 0.0436. The number of ether oxygens (including phenoxy) is 1. The van der Waals surface area contributed by atoms with Gasteiger partial charge in [-0.3, -0.25) is 9.59 Å². The van der Waals surface area contributed by atoms with E-state index in [1.54, 1.807) is 4.90 Å². The highest BCUT2D eigenvalue weighted by atomic mass is 16.5. The van der Waals surface area contributed by atoms with E-state index in [9.17, 15) is 9.59 Å². The normalized spacial score (nSPS) is 19.8. The highest BCUT2D eigenvalue weighted by Crippen LogP contribution is 2.20. The molecule has 3 N–H and O–H groups in total. The molecule has 0 aliphatic carbocycles. The third-order valence-corrected chi connectivity index (χ3v) is 3.06. The van der Waals surface area contributed by atoms with Crippen molar-refractivity contribution in [3.05, 3.63) is 0 Å². The van der Waals surface area contributed by atoms with E-state index >= 15 is 0 Å². The number of likely N-dealkylation sites (tertiary alicyclic amines) is 1. The van der Waals surface area contributed by atoms with Crippen molar-refractivity contribution in [2.75, 3.05) is 32.8 Å².